The lowest BCUT2D eigenvalue weighted by molar-refractivity contribution is 0.112. The van der Waals surface area contributed by atoms with Crippen molar-refractivity contribution in [2.45, 2.75) is 0 Å². The molecule has 0 aliphatic carbocycles. The van der Waals surface area contributed by atoms with E-state index in [1.54, 1.807) is 6.07 Å². The molecule has 1 saturated heterocycles. The molecule has 1 aromatic carbocycles. The fourth-order valence-corrected chi connectivity index (χ4v) is 1.99. The maximum absolute atomic E-state index is 10.9. The number of nitrogens with zero attached hydrogens (tertiary/aromatic N) is 1. The number of carbonyl (C=O) groups excluding carboxylic acids is 1. The number of nitrogens with one attached hydrogen (secondary N) is 1. The van der Waals surface area contributed by atoms with Gasteiger partial charge in [-0.25, -0.2) is 0 Å². The monoisotopic (exact) mass is 224 g/mol. The van der Waals surface area contributed by atoms with Crippen LogP contribution < -0.4 is 10.2 Å². The number of anilines is 1. The summed E-state index contributed by atoms with van der Waals surface area (Å²) in [4.78, 5) is 13.1. The fourth-order valence-electron chi connectivity index (χ4n) is 1.81. The summed E-state index contributed by atoms with van der Waals surface area (Å²) in [7, 11) is 0. The minimum Gasteiger partial charge on any atom is -0.368 e. The molecule has 1 heterocycles. The molecule has 0 bridgehead atoms. The van der Waals surface area contributed by atoms with Crippen LogP contribution in [0.5, 0.6) is 0 Å². The molecule has 0 unspecified atom stereocenters. The number of rotatable bonds is 2. The SMILES string of the molecule is O=Cc1cc(Cl)ccc1N1CCNCC1. The molecule has 1 aliphatic rings. The van der Waals surface area contributed by atoms with Gasteiger partial charge in [0.15, 0.2) is 6.29 Å². The van der Waals surface area contributed by atoms with Crippen LogP contribution in [0.25, 0.3) is 0 Å². The van der Waals surface area contributed by atoms with Crippen molar-refractivity contribution in [1.82, 2.24) is 5.32 Å². The fraction of sp³-hybridized carbons (Fsp3) is 0.364. The summed E-state index contributed by atoms with van der Waals surface area (Å²) in [6.07, 6.45) is 0.864. The van der Waals surface area contributed by atoms with Gasteiger partial charge in [-0.15, -0.1) is 0 Å². The molecule has 0 radical (unpaired) electrons. The number of benzene rings is 1. The molecule has 0 saturated carbocycles. The lowest BCUT2D eigenvalue weighted by atomic mass is 10.1. The van der Waals surface area contributed by atoms with Crippen molar-refractivity contribution in [1.29, 1.82) is 0 Å². The summed E-state index contributed by atoms with van der Waals surface area (Å²) in [6.45, 7) is 3.78. The van der Waals surface area contributed by atoms with Gasteiger partial charge in [-0.3, -0.25) is 4.79 Å². The van der Waals surface area contributed by atoms with Gasteiger partial charge >= 0.3 is 0 Å². The molecule has 4 heteroatoms. The van der Waals surface area contributed by atoms with Crippen molar-refractivity contribution >= 4 is 23.6 Å². The van der Waals surface area contributed by atoms with E-state index < -0.39 is 0 Å². The standard InChI is InChI=1S/C11H13ClN2O/c12-10-1-2-11(9(7-10)8-15)14-5-3-13-4-6-14/h1-2,7-8,13H,3-6H2. The second-order valence-corrected chi connectivity index (χ2v) is 3.99. The second-order valence-electron chi connectivity index (χ2n) is 3.56. The van der Waals surface area contributed by atoms with Gasteiger partial charge in [0.05, 0.1) is 0 Å². The van der Waals surface area contributed by atoms with Crippen LogP contribution in [0, 0.1) is 0 Å². The Hall–Kier alpha value is -1.06. The predicted octanol–water partition coefficient (Wildman–Crippen LogP) is 1.56. The van der Waals surface area contributed by atoms with Gasteiger partial charge in [-0.2, -0.15) is 0 Å². The third kappa shape index (κ3) is 2.30. The molecular formula is C11H13ClN2O. The second kappa shape index (κ2) is 4.64. The maximum atomic E-state index is 10.9. The van der Waals surface area contributed by atoms with Gasteiger partial charge in [0, 0.05) is 42.5 Å². The maximum Gasteiger partial charge on any atom is 0.152 e. The van der Waals surface area contributed by atoms with E-state index >= 15 is 0 Å². The number of hydrogen-bond acceptors (Lipinski definition) is 3. The summed E-state index contributed by atoms with van der Waals surface area (Å²) in [5, 5.41) is 3.88. The molecule has 0 spiro atoms. The van der Waals surface area contributed by atoms with E-state index in [2.05, 4.69) is 10.2 Å². The number of piperazine rings is 1. The molecule has 0 atom stereocenters. The van der Waals surface area contributed by atoms with Crippen LogP contribution in [0.2, 0.25) is 5.02 Å². The summed E-state index contributed by atoms with van der Waals surface area (Å²) >= 11 is 5.84. The van der Waals surface area contributed by atoms with Crippen molar-refractivity contribution in [2.24, 2.45) is 0 Å². The third-order valence-electron chi connectivity index (χ3n) is 2.57. The zero-order valence-corrected chi connectivity index (χ0v) is 9.13. The van der Waals surface area contributed by atoms with E-state index in [1.165, 1.54) is 0 Å². The zero-order valence-electron chi connectivity index (χ0n) is 8.37. The minimum atomic E-state index is 0.607. The zero-order chi connectivity index (χ0) is 10.7. The van der Waals surface area contributed by atoms with Crippen molar-refractivity contribution in [3.63, 3.8) is 0 Å². The molecule has 0 amide bonds. The summed E-state index contributed by atoms with van der Waals surface area (Å²) in [5.41, 5.74) is 1.65. The Morgan fingerprint density at radius 3 is 2.73 bits per heavy atom. The van der Waals surface area contributed by atoms with E-state index in [0.717, 1.165) is 38.2 Å². The van der Waals surface area contributed by atoms with Crippen molar-refractivity contribution in [2.75, 3.05) is 31.1 Å². The average molecular weight is 225 g/mol. The smallest absolute Gasteiger partial charge is 0.152 e. The number of carbonyl (C=O) groups is 1. The van der Waals surface area contributed by atoms with Crippen molar-refractivity contribution in [3.05, 3.63) is 28.8 Å². The molecule has 0 aromatic heterocycles. The minimum absolute atomic E-state index is 0.607. The Morgan fingerprint density at radius 2 is 2.07 bits per heavy atom. The first-order valence-electron chi connectivity index (χ1n) is 5.01. The van der Waals surface area contributed by atoms with Crippen LogP contribution in [-0.4, -0.2) is 32.5 Å². The van der Waals surface area contributed by atoms with Crippen LogP contribution in [0.15, 0.2) is 18.2 Å². The van der Waals surface area contributed by atoms with Crippen LogP contribution in [0.1, 0.15) is 10.4 Å². The van der Waals surface area contributed by atoms with Crippen molar-refractivity contribution in [3.8, 4) is 0 Å². The Labute approximate surface area is 94.0 Å². The molecule has 1 aliphatic heterocycles. The van der Waals surface area contributed by atoms with E-state index in [1.807, 2.05) is 12.1 Å². The summed E-state index contributed by atoms with van der Waals surface area (Å²) in [5.74, 6) is 0. The quantitative estimate of drug-likeness (QED) is 0.774. The van der Waals surface area contributed by atoms with Gasteiger partial charge in [-0.1, -0.05) is 11.6 Å². The van der Waals surface area contributed by atoms with E-state index in [9.17, 15) is 4.79 Å². The number of hydrogen-bond donors (Lipinski definition) is 1. The van der Waals surface area contributed by atoms with Gasteiger partial charge in [-0.05, 0) is 18.2 Å². The van der Waals surface area contributed by atoms with Gasteiger partial charge < -0.3 is 10.2 Å². The Bertz CT molecular complexity index is 362. The van der Waals surface area contributed by atoms with E-state index in [0.29, 0.717) is 10.6 Å². The molecular weight excluding hydrogens is 212 g/mol. The number of aldehydes is 1. The average Bonchev–Trinajstić information content (AvgIpc) is 2.30. The summed E-state index contributed by atoms with van der Waals surface area (Å²) in [6, 6.07) is 5.45. The summed E-state index contributed by atoms with van der Waals surface area (Å²) < 4.78 is 0. The van der Waals surface area contributed by atoms with Crippen LogP contribution in [-0.2, 0) is 0 Å². The van der Waals surface area contributed by atoms with Gasteiger partial charge in [0.2, 0.25) is 0 Å². The highest BCUT2D eigenvalue weighted by atomic mass is 35.5. The van der Waals surface area contributed by atoms with Crippen LogP contribution in [0.3, 0.4) is 0 Å². The Kier molecular flexibility index (Phi) is 3.23. The number of halogens is 1. The van der Waals surface area contributed by atoms with Crippen LogP contribution >= 0.6 is 11.6 Å². The predicted molar refractivity (Wildman–Crippen MR) is 61.9 cm³/mol. The lowest BCUT2D eigenvalue weighted by Crippen LogP contribution is -2.43. The topological polar surface area (TPSA) is 32.3 Å². The van der Waals surface area contributed by atoms with Gasteiger partial charge in [0.25, 0.3) is 0 Å². The molecule has 1 fully saturated rings. The van der Waals surface area contributed by atoms with Crippen molar-refractivity contribution < 1.29 is 4.79 Å². The highest BCUT2D eigenvalue weighted by Gasteiger charge is 2.13. The van der Waals surface area contributed by atoms with E-state index in [4.69, 9.17) is 11.6 Å². The largest absolute Gasteiger partial charge is 0.368 e. The first-order chi connectivity index (χ1) is 7.31. The molecule has 15 heavy (non-hydrogen) atoms. The molecule has 80 valence electrons. The first-order valence-corrected chi connectivity index (χ1v) is 5.39. The van der Waals surface area contributed by atoms with Gasteiger partial charge in [0.1, 0.15) is 0 Å². The third-order valence-corrected chi connectivity index (χ3v) is 2.81. The highest BCUT2D eigenvalue weighted by molar-refractivity contribution is 6.31. The first kappa shape index (κ1) is 10.5. The Balaban J connectivity index is 2.29. The normalized spacial score (nSPS) is 16.5. The molecule has 1 aromatic rings. The van der Waals surface area contributed by atoms with Crippen LogP contribution in [0.4, 0.5) is 5.69 Å². The highest BCUT2D eigenvalue weighted by Crippen LogP contribution is 2.23. The van der Waals surface area contributed by atoms with E-state index in [-0.39, 0.29) is 0 Å². The molecule has 2 rings (SSSR count). The molecule has 3 nitrogen and oxygen atoms in total. The Morgan fingerprint density at radius 1 is 1.33 bits per heavy atom. The lowest BCUT2D eigenvalue weighted by Gasteiger charge is -2.30. The molecule has 1 N–H and O–H groups in total.